The molecule has 1 heterocycles. The van der Waals surface area contributed by atoms with Crippen LogP contribution in [-0.4, -0.2) is 9.91 Å². The van der Waals surface area contributed by atoms with Gasteiger partial charge in [-0.15, -0.1) is 0 Å². The van der Waals surface area contributed by atoms with E-state index in [4.69, 9.17) is 0 Å². The molecule has 1 aromatic rings. The summed E-state index contributed by atoms with van der Waals surface area (Å²) in [5.41, 5.74) is 0. The van der Waals surface area contributed by atoms with Crippen molar-refractivity contribution in [3.05, 3.63) is 16.3 Å². The third kappa shape index (κ3) is 1.14. The molecule has 9 heavy (non-hydrogen) atoms. The van der Waals surface area contributed by atoms with Crippen LogP contribution < -0.4 is 0 Å². The predicted octanol–water partition coefficient (Wildman–Crippen LogP) is 1.20. The molecule has 0 saturated heterocycles. The van der Waals surface area contributed by atoms with Crippen LogP contribution in [0.5, 0.6) is 5.19 Å². The van der Waals surface area contributed by atoms with Crippen LogP contribution in [0.25, 0.3) is 0 Å². The van der Waals surface area contributed by atoms with Gasteiger partial charge < -0.3 is 0 Å². The fourth-order valence-electron chi connectivity index (χ4n) is 0.334. The number of nitro groups is 1. The van der Waals surface area contributed by atoms with Crippen LogP contribution in [0, 0.1) is 10.1 Å². The van der Waals surface area contributed by atoms with E-state index < -0.39 is 10.1 Å². The lowest BCUT2D eigenvalue weighted by Crippen LogP contribution is -1.80. The fourth-order valence-corrected chi connectivity index (χ4v) is 0.799. The largest absolute Gasteiger partial charge is 0.347 e. The van der Waals surface area contributed by atoms with E-state index in [0.29, 0.717) is 11.3 Å². The third-order valence-corrected chi connectivity index (χ3v) is 1.40. The molecule has 1 radical (unpaired) electrons. The van der Waals surface area contributed by atoms with Gasteiger partial charge in [0.05, 0.1) is 4.92 Å². The Balaban J connectivity index is 2.98. The topological polar surface area (TPSA) is 75.9 Å². The standard InChI is InChI=1S/C3HN2O3S/c6-3-4-1-2(9-3)5(7)8/h1H. The van der Waals surface area contributed by atoms with Gasteiger partial charge in [0, 0.05) is 11.3 Å². The lowest BCUT2D eigenvalue weighted by Gasteiger charge is -1.75. The first-order chi connectivity index (χ1) is 4.20. The van der Waals surface area contributed by atoms with E-state index in [-0.39, 0.29) is 5.00 Å². The summed E-state index contributed by atoms with van der Waals surface area (Å²) in [6.07, 6.45) is 0.951. The number of aromatic nitrogens is 1. The van der Waals surface area contributed by atoms with Gasteiger partial charge in [-0.1, -0.05) is 0 Å². The lowest BCUT2D eigenvalue weighted by atomic mass is 10.9. The summed E-state index contributed by atoms with van der Waals surface area (Å²) in [5.74, 6) is 0. The number of rotatable bonds is 1. The molecule has 47 valence electrons. The van der Waals surface area contributed by atoms with E-state index in [1.165, 1.54) is 0 Å². The van der Waals surface area contributed by atoms with Crippen molar-refractivity contribution in [3.63, 3.8) is 0 Å². The van der Waals surface area contributed by atoms with Crippen molar-refractivity contribution >= 4 is 16.3 Å². The maximum atomic E-state index is 10.2. The second-order valence-corrected chi connectivity index (χ2v) is 2.19. The maximum absolute atomic E-state index is 10.2. The van der Waals surface area contributed by atoms with Crippen molar-refractivity contribution in [1.82, 2.24) is 4.98 Å². The molecule has 0 aliphatic carbocycles. The Kier molecular flexibility index (Phi) is 1.31. The lowest BCUT2D eigenvalue weighted by molar-refractivity contribution is -0.380. The SMILES string of the molecule is [O]c1ncc([N+](=O)[O-])s1. The van der Waals surface area contributed by atoms with Crippen LogP contribution in [0.1, 0.15) is 0 Å². The van der Waals surface area contributed by atoms with Gasteiger partial charge in [-0.2, -0.15) is 4.98 Å². The summed E-state index contributed by atoms with van der Waals surface area (Å²) in [5, 5.41) is 19.3. The minimum Gasteiger partial charge on any atom is -0.257 e. The Hall–Kier alpha value is -1.17. The van der Waals surface area contributed by atoms with E-state index in [0.717, 1.165) is 6.20 Å². The first-order valence-electron chi connectivity index (χ1n) is 1.97. The van der Waals surface area contributed by atoms with Crippen molar-refractivity contribution < 1.29 is 10.0 Å². The van der Waals surface area contributed by atoms with Crippen LogP contribution in [0.3, 0.4) is 0 Å². The highest BCUT2D eigenvalue weighted by molar-refractivity contribution is 7.16. The first-order valence-corrected chi connectivity index (χ1v) is 2.79. The van der Waals surface area contributed by atoms with Crippen molar-refractivity contribution in [2.75, 3.05) is 0 Å². The predicted molar refractivity (Wildman–Crippen MR) is 28.9 cm³/mol. The minimum atomic E-state index is -0.640. The highest BCUT2D eigenvalue weighted by Gasteiger charge is 2.10. The van der Waals surface area contributed by atoms with Crippen LogP contribution in [0.2, 0.25) is 0 Å². The molecule has 0 aliphatic rings. The quantitative estimate of drug-likeness (QED) is 0.440. The van der Waals surface area contributed by atoms with E-state index in [1.54, 1.807) is 0 Å². The van der Waals surface area contributed by atoms with Gasteiger partial charge in [0.25, 0.3) is 0 Å². The van der Waals surface area contributed by atoms with Gasteiger partial charge in [0.1, 0.15) is 6.20 Å². The van der Waals surface area contributed by atoms with Gasteiger partial charge >= 0.3 is 10.2 Å². The van der Waals surface area contributed by atoms with Gasteiger partial charge in [0.15, 0.2) is 0 Å². The Morgan fingerprint density at radius 1 is 1.78 bits per heavy atom. The number of nitrogens with zero attached hydrogens (tertiary/aromatic N) is 2. The van der Waals surface area contributed by atoms with Crippen LogP contribution in [0.15, 0.2) is 6.20 Å². The molecule has 0 fully saturated rings. The third-order valence-electron chi connectivity index (χ3n) is 0.652. The molecule has 1 rings (SSSR count). The van der Waals surface area contributed by atoms with Gasteiger partial charge in [-0.05, 0) is 0 Å². The minimum absolute atomic E-state index is 0.208. The van der Waals surface area contributed by atoms with Crippen LogP contribution in [0.4, 0.5) is 5.00 Å². The zero-order valence-corrected chi connectivity index (χ0v) is 4.92. The second-order valence-electron chi connectivity index (χ2n) is 1.22. The molecule has 0 bridgehead atoms. The molecule has 0 atom stereocenters. The Labute approximate surface area is 53.7 Å². The second kappa shape index (κ2) is 1.98. The summed E-state index contributed by atoms with van der Waals surface area (Å²) in [6.45, 7) is 0. The van der Waals surface area contributed by atoms with Crippen LogP contribution >= 0.6 is 11.3 Å². The maximum Gasteiger partial charge on any atom is 0.347 e. The molecule has 0 N–H and O–H groups in total. The summed E-state index contributed by atoms with van der Waals surface area (Å²) < 4.78 is 0. The zero-order chi connectivity index (χ0) is 6.85. The number of thiazole rings is 1. The average Bonchev–Trinajstić information content (AvgIpc) is 2.14. The molecule has 0 aromatic carbocycles. The summed E-state index contributed by atoms with van der Waals surface area (Å²) in [7, 11) is 0. The molecule has 5 nitrogen and oxygen atoms in total. The Morgan fingerprint density at radius 2 is 2.44 bits per heavy atom. The summed E-state index contributed by atoms with van der Waals surface area (Å²) >= 11 is 0.530. The molecule has 0 aliphatic heterocycles. The van der Waals surface area contributed by atoms with E-state index >= 15 is 0 Å². The number of hydrogen-bond acceptors (Lipinski definition) is 4. The molecule has 1 aromatic heterocycles. The van der Waals surface area contributed by atoms with Crippen LogP contribution in [-0.2, 0) is 5.11 Å². The van der Waals surface area contributed by atoms with Gasteiger partial charge in [-0.25, -0.2) is 0 Å². The van der Waals surface area contributed by atoms with Crippen molar-refractivity contribution in [1.29, 1.82) is 0 Å². The van der Waals surface area contributed by atoms with E-state index in [1.807, 2.05) is 0 Å². The molecule has 6 heteroatoms. The van der Waals surface area contributed by atoms with E-state index in [9.17, 15) is 15.2 Å². The smallest absolute Gasteiger partial charge is 0.257 e. The van der Waals surface area contributed by atoms with Crippen molar-refractivity contribution in [2.45, 2.75) is 0 Å². The molecule has 0 spiro atoms. The highest BCUT2D eigenvalue weighted by atomic mass is 32.1. The molecular formula is C3HN2O3S. The van der Waals surface area contributed by atoms with E-state index in [2.05, 4.69) is 4.98 Å². The average molecular weight is 145 g/mol. The van der Waals surface area contributed by atoms with Crippen molar-refractivity contribution in [3.8, 4) is 5.19 Å². The normalized spacial score (nSPS) is 9.33. The number of hydrogen-bond donors (Lipinski definition) is 0. The van der Waals surface area contributed by atoms with Gasteiger partial charge in [-0.3, -0.25) is 15.2 Å². The molecular weight excluding hydrogens is 144 g/mol. The first kappa shape index (κ1) is 5.96. The Bertz CT molecular complexity index is 233. The molecule has 0 saturated carbocycles. The van der Waals surface area contributed by atoms with Gasteiger partial charge in [0.2, 0.25) is 0 Å². The fraction of sp³-hybridized carbons (Fsp3) is 0. The van der Waals surface area contributed by atoms with Crippen molar-refractivity contribution in [2.24, 2.45) is 0 Å². The molecule has 0 amide bonds. The highest BCUT2D eigenvalue weighted by Crippen LogP contribution is 2.25. The zero-order valence-electron chi connectivity index (χ0n) is 4.10. The Morgan fingerprint density at radius 3 is 2.67 bits per heavy atom. The summed E-state index contributed by atoms with van der Waals surface area (Å²) in [4.78, 5) is 12.4. The monoisotopic (exact) mass is 145 g/mol. The molecule has 0 unspecified atom stereocenters. The summed E-state index contributed by atoms with van der Waals surface area (Å²) in [6, 6.07) is 0.